The molecule has 0 fully saturated rings. The second-order valence-electron chi connectivity index (χ2n) is 5.20. The van der Waals surface area contributed by atoms with Crippen LogP contribution in [0.2, 0.25) is 0 Å². The Hall–Kier alpha value is -2.15. The lowest BCUT2D eigenvalue weighted by Crippen LogP contribution is -2.11. The number of alkyl halides is 2. The fourth-order valence-corrected chi connectivity index (χ4v) is 2.94. The molecule has 7 heteroatoms. The molecule has 0 saturated heterocycles. The molecule has 4 nitrogen and oxygen atoms in total. The summed E-state index contributed by atoms with van der Waals surface area (Å²) in [6, 6.07) is 12.8. The molecule has 0 radical (unpaired) electrons. The van der Waals surface area contributed by atoms with E-state index in [4.69, 9.17) is 4.74 Å². The third-order valence-corrected chi connectivity index (χ3v) is 4.87. The minimum Gasteiger partial charge on any atom is -0.494 e. The molecule has 0 spiro atoms. The van der Waals surface area contributed by atoms with Gasteiger partial charge in [-0.05, 0) is 55.8 Å². The van der Waals surface area contributed by atoms with E-state index < -0.39 is 20.5 Å². The molecule has 0 saturated carbocycles. The summed E-state index contributed by atoms with van der Waals surface area (Å²) in [4.78, 5) is -0.394. The van der Waals surface area contributed by atoms with Gasteiger partial charge in [-0.2, -0.15) is 8.78 Å². The van der Waals surface area contributed by atoms with Crippen molar-refractivity contribution < 1.29 is 21.9 Å². The Morgan fingerprint density at radius 2 is 1.79 bits per heavy atom. The van der Waals surface area contributed by atoms with E-state index in [1.54, 1.807) is 0 Å². The molecule has 0 aliphatic carbocycles. The van der Waals surface area contributed by atoms with Crippen LogP contribution in [0.4, 0.5) is 14.5 Å². The van der Waals surface area contributed by atoms with Crippen LogP contribution in [0.25, 0.3) is 0 Å². The molecule has 0 aliphatic heterocycles. The summed E-state index contributed by atoms with van der Waals surface area (Å²) in [6.07, 6.45) is 0. The van der Waals surface area contributed by atoms with Crippen molar-refractivity contribution in [1.82, 2.24) is 0 Å². The van der Waals surface area contributed by atoms with Crippen LogP contribution in [0.15, 0.2) is 53.4 Å². The fraction of sp³-hybridized carbons (Fsp3) is 0.294. The topological polar surface area (TPSA) is 55.4 Å². The summed E-state index contributed by atoms with van der Waals surface area (Å²) >= 11 is 0. The normalized spacial score (nSPS) is 12.9. The lowest BCUT2D eigenvalue weighted by atomic mass is 10.1. The van der Waals surface area contributed by atoms with Crippen molar-refractivity contribution in [2.24, 2.45) is 0 Å². The van der Waals surface area contributed by atoms with Gasteiger partial charge in [0.2, 0.25) is 9.84 Å². The molecule has 130 valence electrons. The average molecular weight is 355 g/mol. The Kier molecular flexibility index (Phi) is 5.77. The summed E-state index contributed by atoms with van der Waals surface area (Å²) in [7, 11) is -4.56. The quantitative estimate of drug-likeness (QED) is 0.806. The third kappa shape index (κ3) is 4.23. The molecule has 2 aromatic rings. The molecule has 0 aromatic heterocycles. The monoisotopic (exact) mass is 355 g/mol. The van der Waals surface area contributed by atoms with Crippen molar-refractivity contribution >= 4 is 15.5 Å². The van der Waals surface area contributed by atoms with E-state index in [0.717, 1.165) is 11.3 Å². The van der Waals surface area contributed by atoms with Gasteiger partial charge >= 0.3 is 5.76 Å². The van der Waals surface area contributed by atoms with Crippen LogP contribution in [-0.4, -0.2) is 20.8 Å². The number of rotatable bonds is 7. The highest BCUT2D eigenvalue weighted by Crippen LogP contribution is 2.25. The number of ether oxygens (including phenoxy) is 1. The van der Waals surface area contributed by atoms with Gasteiger partial charge in [-0.1, -0.05) is 12.1 Å². The van der Waals surface area contributed by atoms with Crippen LogP contribution < -0.4 is 10.1 Å². The van der Waals surface area contributed by atoms with Crippen molar-refractivity contribution in [3.8, 4) is 5.75 Å². The first-order valence-electron chi connectivity index (χ1n) is 7.46. The van der Waals surface area contributed by atoms with Gasteiger partial charge in [-0.25, -0.2) is 8.42 Å². The largest absolute Gasteiger partial charge is 0.494 e. The second kappa shape index (κ2) is 7.61. The van der Waals surface area contributed by atoms with Crippen molar-refractivity contribution in [2.45, 2.75) is 30.5 Å². The lowest BCUT2D eigenvalue weighted by molar-refractivity contribution is 0.234. The molecule has 1 atom stereocenters. The second-order valence-corrected chi connectivity index (χ2v) is 7.12. The maximum atomic E-state index is 12.5. The average Bonchev–Trinajstić information content (AvgIpc) is 2.56. The number of halogens is 2. The number of nitrogens with one attached hydrogen (secondary N) is 1. The van der Waals surface area contributed by atoms with Gasteiger partial charge in [-0.3, -0.25) is 0 Å². The first kappa shape index (κ1) is 18.2. The van der Waals surface area contributed by atoms with E-state index >= 15 is 0 Å². The zero-order chi connectivity index (χ0) is 17.7. The minimum absolute atomic E-state index is 0.0667. The molecule has 0 heterocycles. The van der Waals surface area contributed by atoms with E-state index in [2.05, 4.69) is 5.32 Å². The molecule has 2 rings (SSSR count). The van der Waals surface area contributed by atoms with E-state index in [1.165, 1.54) is 24.3 Å². The van der Waals surface area contributed by atoms with Gasteiger partial charge in [0.05, 0.1) is 11.5 Å². The highest BCUT2D eigenvalue weighted by atomic mass is 32.2. The Morgan fingerprint density at radius 1 is 1.12 bits per heavy atom. The van der Waals surface area contributed by atoms with Crippen molar-refractivity contribution in [3.63, 3.8) is 0 Å². The first-order chi connectivity index (χ1) is 11.3. The van der Waals surface area contributed by atoms with Crippen molar-refractivity contribution in [1.29, 1.82) is 0 Å². The Labute approximate surface area is 140 Å². The first-order valence-corrected chi connectivity index (χ1v) is 9.00. The van der Waals surface area contributed by atoms with Gasteiger partial charge in [0.25, 0.3) is 0 Å². The molecule has 2 aromatic carbocycles. The Morgan fingerprint density at radius 3 is 2.38 bits per heavy atom. The van der Waals surface area contributed by atoms with E-state index in [0.29, 0.717) is 12.3 Å². The molecule has 0 bridgehead atoms. The van der Waals surface area contributed by atoms with E-state index in [1.807, 2.05) is 38.1 Å². The third-order valence-electron chi connectivity index (χ3n) is 3.47. The van der Waals surface area contributed by atoms with Crippen LogP contribution in [0.3, 0.4) is 0 Å². The van der Waals surface area contributed by atoms with Gasteiger partial charge < -0.3 is 10.1 Å². The van der Waals surface area contributed by atoms with Gasteiger partial charge in [0, 0.05) is 11.7 Å². The minimum atomic E-state index is -4.56. The number of benzene rings is 2. The van der Waals surface area contributed by atoms with Crippen molar-refractivity contribution in [3.05, 3.63) is 54.1 Å². The highest BCUT2D eigenvalue weighted by Gasteiger charge is 2.26. The Bertz CT molecular complexity index is 777. The zero-order valence-corrected chi connectivity index (χ0v) is 14.2. The molecule has 0 amide bonds. The van der Waals surface area contributed by atoms with Crippen LogP contribution in [-0.2, 0) is 9.84 Å². The van der Waals surface area contributed by atoms with Gasteiger partial charge in [0.15, 0.2) is 0 Å². The van der Waals surface area contributed by atoms with Crippen LogP contribution in [0, 0.1) is 0 Å². The van der Waals surface area contributed by atoms with Crippen LogP contribution in [0.1, 0.15) is 25.5 Å². The van der Waals surface area contributed by atoms with Gasteiger partial charge in [-0.15, -0.1) is 0 Å². The summed E-state index contributed by atoms with van der Waals surface area (Å²) in [5.74, 6) is -2.65. The maximum absolute atomic E-state index is 12.5. The SMILES string of the molecule is CCOc1cccc(C(C)Nc2ccc(S(=O)(=O)C(F)F)cc2)c1. The molecule has 24 heavy (non-hydrogen) atoms. The summed E-state index contributed by atoms with van der Waals surface area (Å²) in [6.45, 7) is 4.42. The Balaban J connectivity index is 2.12. The number of anilines is 1. The molecular formula is C17H19F2NO3S. The predicted molar refractivity (Wildman–Crippen MR) is 89.3 cm³/mol. The number of hydrogen-bond donors (Lipinski definition) is 1. The van der Waals surface area contributed by atoms with Crippen molar-refractivity contribution in [2.75, 3.05) is 11.9 Å². The summed E-state index contributed by atoms with van der Waals surface area (Å²) in [5.41, 5.74) is 1.63. The van der Waals surface area contributed by atoms with Crippen LogP contribution >= 0.6 is 0 Å². The number of hydrogen-bond acceptors (Lipinski definition) is 4. The van der Waals surface area contributed by atoms with E-state index in [9.17, 15) is 17.2 Å². The molecule has 1 N–H and O–H groups in total. The molecular weight excluding hydrogens is 336 g/mol. The fourth-order valence-electron chi connectivity index (χ4n) is 2.22. The molecule has 0 aliphatic rings. The standard InChI is InChI=1S/C17H19F2NO3S/c1-3-23-15-6-4-5-13(11-15)12(2)20-14-7-9-16(10-8-14)24(21,22)17(18)19/h4-12,17,20H,3H2,1-2H3. The maximum Gasteiger partial charge on any atom is 0.341 e. The predicted octanol–water partition coefficient (Wildman–Crippen LogP) is 4.25. The number of sulfone groups is 1. The van der Waals surface area contributed by atoms with Crippen LogP contribution in [0.5, 0.6) is 5.75 Å². The highest BCUT2D eigenvalue weighted by molar-refractivity contribution is 7.91. The van der Waals surface area contributed by atoms with E-state index in [-0.39, 0.29) is 6.04 Å². The summed E-state index contributed by atoms with van der Waals surface area (Å²) in [5, 5.41) is 3.20. The lowest BCUT2D eigenvalue weighted by Gasteiger charge is -2.17. The van der Waals surface area contributed by atoms with Gasteiger partial charge in [0.1, 0.15) is 5.75 Å². The smallest absolute Gasteiger partial charge is 0.341 e. The summed E-state index contributed by atoms with van der Waals surface area (Å²) < 4.78 is 53.3. The molecule has 1 unspecified atom stereocenters. The zero-order valence-electron chi connectivity index (χ0n) is 13.4.